The molecule has 2 heterocycles. The zero-order valence-corrected chi connectivity index (χ0v) is 17.8. The van der Waals surface area contributed by atoms with Crippen LogP contribution in [0.2, 0.25) is 0 Å². The fraction of sp³-hybridized carbons (Fsp3) is 0.476. The third-order valence-corrected chi connectivity index (χ3v) is 5.59. The number of likely N-dealkylation sites (tertiary alicyclic amines) is 1. The van der Waals surface area contributed by atoms with E-state index in [0.29, 0.717) is 41.9 Å². The Hall–Kier alpha value is -2.61. The molecule has 29 heavy (non-hydrogen) atoms. The smallest absolute Gasteiger partial charge is 0.310 e. The van der Waals surface area contributed by atoms with E-state index in [1.807, 2.05) is 25.1 Å². The number of amides is 1. The summed E-state index contributed by atoms with van der Waals surface area (Å²) in [5.74, 6) is 0.646. The van der Waals surface area contributed by atoms with E-state index < -0.39 is 0 Å². The topological polar surface area (TPSA) is 78.0 Å². The third-order valence-electron chi connectivity index (χ3n) is 4.77. The van der Waals surface area contributed by atoms with Gasteiger partial charge in [-0.2, -0.15) is 0 Å². The molecule has 2 aromatic rings. The van der Waals surface area contributed by atoms with Crippen molar-refractivity contribution in [2.45, 2.75) is 33.3 Å². The fourth-order valence-electron chi connectivity index (χ4n) is 3.29. The van der Waals surface area contributed by atoms with Gasteiger partial charge in [0.05, 0.1) is 19.6 Å². The average Bonchev–Trinajstić information content (AvgIpc) is 3.21. The molecule has 0 spiro atoms. The second-order valence-corrected chi connectivity index (χ2v) is 7.85. The van der Waals surface area contributed by atoms with Crippen molar-refractivity contribution in [1.29, 1.82) is 0 Å². The molecule has 0 aliphatic carbocycles. The molecule has 1 aromatic heterocycles. The molecule has 8 heteroatoms. The third kappa shape index (κ3) is 5.26. The molecule has 1 amide bonds. The van der Waals surface area contributed by atoms with Crippen molar-refractivity contribution in [3.8, 4) is 11.5 Å². The van der Waals surface area contributed by atoms with Gasteiger partial charge in [0.1, 0.15) is 17.3 Å². The van der Waals surface area contributed by atoms with E-state index in [1.165, 1.54) is 11.3 Å². The van der Waals surface area contributed by atoms with Crippen LogP contribution in [0.3, 0.4) is 0 Å². The van der Waals surface area contributed by atoms with Crippen LogP contribution in [-0.4, -0.2) is 48.6 Å². The number of rotatable bonds is 7. The molecule has 1 atom stereocenters. The van der Waals surface area contributed by atoms with E-state index in [2.05, 4.69) is 4.98 Å². The molecule has 0 bridgehead atoms. The highest BCUT2D eigenvalue weighted by molar-refractivity contribution is 7.09. The van der Waals surface area contributed by atoms with Crippen LogP contribution in [-0.2, 0) is 16.1 Å². The van der Waals surface area contributed by atoms with Gasteiger partial charge in [0.15, 0.2) is 11.5 Å². The van der Waals surface area contributed by atoms with E-state index >= 15 is 0 Å². The number of esters is 1. The van der Waals surface area contributed by atoms with Crippen molar-refractivity contribution < 1.29 is 23.8 Å². The van der Waals surface area contributed by atoms with Gasteiger partial charge in [-0.15, -0.1) is 11.3 Å². The summed E-state index contributed by atoms with van der Waals surface area (Å²) < 4.78 is 16.3. The van der Waals surface area contributed by atoms with Crippen molar-refractivity contribution in [3.05, 3.63) is 39.8 Å². The molecule has 1 aliphatic rings. The quantitative estimate of drug-likeness (QED) is 0.641. The number of hydrogen-bond acceptors (Lipinski definition) is 7. The van der Waals surface area contributed by atoms with E-state index in [4.69, 9.17) is 14.2 Å². The van der Waals surface area contributed by atoms with Crippen LogP contribution < -0.4 is 9.47 Å². The Balaban J connectivity index is 1.60. The zero-order valence-electron chi connectivity index (χ0n) is 17.0. The summed E-state index contributed by atoms with van der Waals surface area (Å²) in [7, 11) is 1.60. The number of benzene rings is 1. The lowest BCUT2D eigenvalue weighted by atomic mass is 9.98. The number of ether oxygens (including phenoxy) is 3. The van der Waals surface area contributed by atoms with Crippen molar-refractivity contribution in [2.75, 3.05) is 26.8 Å². The summed E-state index contributed by atoms with van der Waals surface area (Å²) in [4.78, 5) is 30.9. The summed E-state index contributed by atoms with van der Waals surface area (Å²) in [6.07, 6.45) is 1.53. The van der Waals surface area contributed by atoms with Crippen LogP contribution in [0.25, 0.3) is 0 Å². The second kappa shape index (κ2) is 9.73. The number of methoxy groups -OCH3 is 1. The first-order valence-electron chi connectivity index (χ1n) is 9.69. The van der Waals surface area contributed by atoms with Gasteiger partial charge >= 0.3 is 5.97 Å². The van der Waals surface area contributed by atoms with Gasteiger partial charge in [-0.3, -0.25) is 9.59 Å². The number of hydrogen-bond donors (Lipinski definition) is 0. The Morgan fingerprint density at radius 1 is 1.31 bits per heavy atom. The summed E-state index contributed by atoms with van der Waals surface area (Å²) in [6.45, 7) is 5.38. The first kappa shape index (κ1) is 21.1. The number of piperidine rings is 1. The largest absolute Gasteiger partial charge is 0.493 e. The number of aryl methyl sites for hydroxylation is 1. The molecule has 156 valence electrons. The van der Waals surface area contributed by atoms with Gasteiger partial charge in [-0.05, 0) is 44.4 Å². The minimum atomic E-state index is -0.261. The lowest BCUT2D eigenvalue weighted by molar-refractivity contribution is -0.149. The van der Waals surface area contributed by atoms with Crippen molar-refractivity contribution >= 4 is 23.2 Å². The van der Waals surface area contributed by atoms with E-state index in [-0.39, 0.29) is 24.4 Å². The lowest BCUT2D eigenvalue weighted by Crippen LogP contribution is -2.43. The van der Waals surface area contributed by atoms with E-state index in [1.54, 1.807) is 24.3 Å². The molecule has 7 nitrogen and oxygen atoms in total. The van der Waals surface area contributed by atoms with E-state index in [0.717, 1.165) is 18.4 Å². The number of aromatic nitrogens is 1. The Morgan fingerprint density at radius 3 is 2.90 bits per heavy atom. The van der Waals surface area contributed by atoms with Gasteiger partial charge in [-0.25, -0.2) is 4.98 Å². The van der Waals surface area contributed by atoms with Crippen LogP contribution in [0.15, 0.2) is 23.6 Å². The highest BCUT2D eigenvalue weighted by Crippen LogP contribution is 2.29. The molecule has 0 unspecified atom stereocenters. The van der Waals surface area contributed by atoms with Crippen LogP contribution in [0.5, 0.6) is 11.5 Å². The minimum absolute atomic E-state index is 0.158. The molecular formula is C21H26N2O5S. The van der Waals surface area contributed by atoms with Crippen LogP contribution in [0, 0.1) is 12.8 Å². The number of thiazole rings is 1. The first-order chi connectivity index (χ1) is 14.0. The van der Waals surface area contributed by atoms with Gasteiger partial charge < -0.3 is 19.1 Å². The Bertz CT molecular complexity index is 867. The molecule has 3 rings (SSSR count). The van der Waals surface area contributed by atoms with E-state index in [9.17, 15) is 9.59 Å². The highest BCUT2D eigenvalue weighted by atomic mass is 32.1. The maximum atomic E-state index is 12.8. The van der Waals surface area contributed by atoms with Crippen LogP contribution in [0.4, 0.5) is 0 Å². The normalized spacial score (nSPS) is 16.4. The van der Waals surface area contributed by atoms with Crippen molar-refractivity contribution in [2.24, 2.45) is 5.92 Å². The zero-order chi connectivity index (χ0) is 20.8. The molecule has 0 N–H and O–H groups in total. The maximum Gasteiger partial charge on any atom is 0.310 e. The monoisotopic (exact) mass is 418 g/mol. The minimum Gasteiger partial charge on any atom is -0.493 e. The summed E-state index contributed by atoms with van der Waals surface area (Å²) in [5, 5.41) is 2.44. The molecule has 0 saturated carbocycles. The Morgan fingerprint density at radius 2 is 2.14 bits per heavy atom. The Labute approximate surface area is 174 Å². The van der Waals surface area contributed by atoms with Crippen molar-refractivity contribution in [1.82, 2.24) is 9.88 Å². The van der Waals surface area contributed by atoms with Gasteiger partial charge in [0.2, 0.25) is 0 Å². The SMILES string of the molecule is CCOC(=O)[C@H]1CCCN(C(=O)c2csc(COc3ccc(C)cc3OC)n2)C1. The molecule has 1 aromatic carbocycles. The highest BCUT2D eigenvalue weighted by Gasteiger charge is 2.30. The average molecular weight is 419 g/mol. The van der Waals surface area contributed by atoms with Gasteiger partial charge in [0, 0.05) is 18.5 Å². The molecule has 1 fully saturated rings. The molecule has 0 radical (unpaired) electrons. The summed E-state index contributed by atoms with van der Waals surface area (Å²) in [6, 6.07) is 5.71. The van der Waals surface area contributed by atoms with Crippen LogP contribution in [0.1, 0.15) is 40.8 Å². The number of nitrogens with zero attached hydrogens (tertiary/aromatic N) is 2. The van der Waals surface area contributed by atoms with Gasteiger partial charge in [-0.1, -0.05) is 6.07 Å². The second-order valence-electron chi connectivity index (χ2n) is 6.91. The Kier molecular flexibility index (Phi) is 7.09. The van der Waals surface area contributed by atoms with Crippen molar-refractivity contribution in [3.63, 3.8) is 0 Å². The van der Waals surface area contributed by atoms with Gasteiger partial charge in [0.25, 0.3) is 5.91 Å². The predicted molar refractivity (Wildman–Crippen MR) is 109 cm³/mol. The molecule has 1 aliphatic heterocycles. The maximum absolute atomic E-state index is 12.8. The number of carbonyl (C=O) groups is 2. The van der Waals surface area contributed by atoms with Crippen LogP contribution >= 0.6 is 11.3 Å². The summed E-state index contributed by atoms with van der Waals surface area (Å²) >= 11 is 1.38. The molecule has 1 saturated heterocycles. The lowest BCUT2D eigenvalue weighted by Gasteiger charge is -2.31. The fourth-order valence-corrected chi connectivity index (χ4v) is 3.96. The standard InChI is InChI=1S/C21H26N2O5S/c1-4-27-21(25)15-6-5-9-23(11-15)20(24)16-13-29-19(22-16)12-28-17-8-7-14(2)10-18(17)26-3/h7-8,10,13,15H,4-6,9,11-12H2,1-3H3/t15-/m0/s1. The first-order valence-corrected chi connectivity index (χ1v) is 10.6. The number of carbonyl (C=O) groups excluding carboxylic acids is 2. The molecular weight excluding hydrogens is 392 g/mol. The predicted octanol–water partition coefficient (Wildman–Crippen LogP) is 3.45. The summed E-state index contributed by atoms with van der Waals surface area (Å²) in [5.41, 5.74) is 1.47.